The average molecular weight is 227 g/mol. The van der Waals surface area contributed by atoms with Gasteiger partial charge in [0.15, 0.2) is 0 Å². The minimum atomic E-state index is 0.489. The van der Waals surface area contributed by atoms with Crippen LogP contribution < -0.4 is 5.32 Å². The standard InChI is InChI=1S/C14H29NO/c1-4-8-14(15-12(2)11-16-3)13-9-6-5-7-10-13/h12-15H,4-11H2,1-3H3. The Morgan fingerprint density at radius 3 is 2.50 bits per heavy atom. The van der Waals surface area contributed by atoms with Crippen LogP contribution in [0.1, 0.15) is 58.8 Å². The normalized spacial score (nSPS) is 21.9. The van der Waals surface area contributed by atoms with E-state index in [1.165, 1.54) is 44.9 Å². The van der Waals surface area contributed by atoms with Gasteiger partial charge in [0.05, 0.1) is 6.61 Å². The third kappa shape index (κ3) is 4.84. The van der Waals surface area contributed by atoms with Gasteiger partial charge in [-0.05, 0) is 32.1 Å². The van der Waals surface area contributed by atoms with E-state index in [1.54, 1.807) is 7.11 Å². The second-order valence-electron chi connectivity index (χ2n) is 5.32. The van der Waals surface area contributed by atoms with Gasteiger partial charge in [-0.2, -0.15) is 0 Å². The van der Waals surface area contributed by atoms with Crippen molar-refractivity contribution < 1.29 is 4.74 Å². The quantitative estimate of drug-likeness (QED) is 0.720. The Morgan fingerprint density at radius 2 is 1.94 bits per heavy atom. The first-order valence-electron chi connectivity index (χ1n) is 7.03. The molecule has 2 unspecified atom stereocenters. The first-order valence-corrected chi connectivity index (χ1v) is 7.03. The molecule has 1 aliphatic carbocycles. The molecular formula is C14H29NO. The minimum absolute atomic E-state index is 0.489. The molecule has 0 amide bonds. The van der Waals surface area contributed by atoms with Crippen LogP contribution in [0.4, 0.5) is 0 Å². The third-order valence-corrected chi connectivity index (χ3v) is 3.73. The molecule has 0 radical (unpaired) electrons. The molecule has 0 saturated heterocycles. The Labute approximate surface area is 101 Å². The summed E-state index contributed by atoms with van der Waals surface area (Å²) in [5.74, 6) is 0.910. The van der Waals surface area contributed by atoms with Crippen LogP contribution in [0, 0.1) is 5.92 Å². The molecule has 0 aromatic rings. The highest BCUT2D eigenvalue weighted by Gasteiger charge is 2.23. The van der Waals surface area contributed by atoms with Crippen LogP contribution in [0.2, 0.25) is 0 Å². The van der Waals surface area contributed by atoms with E-state index in [0.717, 1.165) is 18.6 Å². The van der Waals surface area contributed by atoms with Crippen molar-refractivity contribution in [1.29, 1.82) is 0 Å². The fourth-order valence-electron chi connectivity index (χ4n) is 2.97. The summed E-state index contributed by atoms with van der Waals surface area (Å²) in [6, 6.07) is 1.21. The monoisotopic (exact) mass is 227 g/mol. The van der Waals surface area contributed by atoms with Gasteiger partial charge < -0.3 is 10.1 Å². The Kier molecular flexibility index (Phi) is 7.06. The molecule has 16 heavy (non-hydrogen) atoms. The molecule has 0 heterocycles. The van der Waals surface area contributed by atoms with Crippen molar-refractivity contribution in [2.24, 2.45) is 5.92 Å². The topological polar surface area (TPSA) is 21.3 Å². The van der Waals surface area contributed by atoms with Gasteiger partial charge in [0.1, 0.15) is 0 Å². The molecule has 1 fully saturated rings. The highest BCUT2D eigenvalue weighted by atomic mass is 16.5. The van der Waals surface area contributed by atoms with E-state index in [-0.39, 0.29) is 0 Å². The van der Waals surface area contributed by atoms with E-state index in [1.807, 2.05) is 0 Å². The van der Waals surface area contributed by atoms with Crippen molar-refractivity contribution in [1.82, 2.24) is 5.32 Å². The summed E-state index contributed by atoms with van der Waals surface area (Å²) in [5, 5.41) is 3.76. The first-order chi connectivity index (χ1) is 7.77. The molecule has 2 heteroatoms. The molecule has 0 bridgehead atoms. The molecule has 0 aliphatic heterocycles. The maximum absolute atomic E-state index is 5.21. The van der Waals surface area contributed by atoms with Crippen LogP contribution in [0.5, 0.6) is 0 Å². The predicted molar refractivity (Wildman–Crippen MR) is 69.7 cm³/mol. The third-order valence-electron chi connectivity index (χ3n) is 3.73. The zero-order valence-electron chi connectivity index (χ0n) is 11.3. The number of ether oxygens (including phenoxy) is 1. The van der Waals surface area contributed by atoms with Crippen LogP contribution in [-0.2, 0) is 4.74 Å². The van der Waals surface area contributed by atoms with Gasteiger partial charge >= 0.3 is 0 Å². The maximum Gasteiger partial charge on any atom is 0.0613 e. The van der Waals surface area contributed by atoms with Gasteiger partial charge in [-0.15, -0.1) is 0 Å². The van der Waals surface area contributed by atoms with Gasteiger partial charge in [0.25, 0.3) is 0 Å². The summed E-state index contributed by atoms with van der Waals surface area (Å²) in [6.07, 6.45) is 9.78. The van der Waals surface area contributed by atoms with E-state index in [2.05, 4.69) is 19.2 Å². The van der Waals surface area contributed by atoms with Gasteiger partial charge in [-0.25, -0.2) is 0 Å². The molecule has 1 N–H and O–H groups in total. The van der Waals surface area contributed by atoms with E-state index in [4.69, 9.17) is 4.74 Å². The van der Waals surface area contributed by atoms with Crippen LogP contribution in [0.15, 0.2) is 0 Å². The summed E-state index contributed by atoms with van der Waals surface area (Å²) < 4.78 is 5.21. The summed E-state index contributed by atoms with van der Waals surface area (Å²) in [6.45, 7) is 5.35. The fraction of sp³-hybridized carbons (Fsp3) is 1.00. The minimum Gasteiger partial charge on any atom is -0.383 e. The van der Waals surface area contributed by atoms with Crippen molar-refractivity contribution in [2.45, 2.75) is 70.9 Å². The van der Waals surface area contributed by atoms with Crippen LogP contribution in [0.25, 0.3) is 0 Å². The number of hydrogen-bond acceptors (Lipinski definition) is 2. The predicted octanol–water partition coefficient (Wildman–Crippen LogP) is 3.36. The van der Waals surface area contributed by atoms with Gasteiger partial charge in [-0.3, -0.25) is 0 Å². The maximum atomic E-state index is 5.21. The number of rotatable bonds is 7. The first kappa shape index (κ1) is 14.0. The second kappa shape index (κ2) is 8.08. The number of hydrogen-bond donors (Lipinski definition) is 1. The smallest absolute Gasteiger partial charge is 0.0613 e. The average Bonchev–Trinajstić information content (AvgIpc) is 2.30. The summed E-state index contributed by atoms with van der Waals surface area (Å²) in [4.78, 5) is 0. The molecule has 1 aliphatic rings. The number of nitrogens with one attached hydrogen (secondary N) is 1. The molecule has 96 valence electrons. The van der Waals surface area contributed by atoms with Crippen molar-refractivity contribution >= 4 is 0 Å². The van der Waals surface area contributed by atoms with E-state index in [9.17, 15) is 0 Å². The Bertz CT molecular complexity index is 166. The lowest BCUT2D eigenvalue weighted by atomic mass is 9.82. The van der Waals surface area contributed by atoms with E-state index >= 15 is 0 Å². The zero-order valence-corrected chi connectivity index (χ0v) is 11.3. The molecule has 2 nitrogen and oxygen atoms in total. The van der Waals surface area contributed by atoms with E-state index < -0.39 is 0 Å². The molecule has 0 aromatic heterocycles. The molecule has 1 saturated carbocycles. The lowest BCUT2D eigenvalue weighted by Crippen LogP contribution is -2.44. The molecule has 2 atom stereocenters. The van der Waals surface area contributed by atoms with Crippen molar-refractivity contribution in [2.75, 3.05) is 13.7 Å². The fourth-order valence-corrected chi connectivity index (χ4v) is 2.97. The molecular weight excluding hydrogens is 198 g/mol. The van der Waals surface area contributed by atoms with Crippen LogP contribution in [0.3, 0.4) is 0 Å². The largest absolute Gasteiger partial charge is 0.383 e. The SMILES string of the molecule is CCCC(NC(C)COC)C1CCCCC1. The Hall–Kier alpha value is -0.0800. The highest BCUT2D eigenvalue weighted by molar-refractivity contribution is 4.81. The Balaban J connectivity index is 2.38. The Morgan fingerprint density at radius 1 is 1.25 bits per heavy atom. The van der Waals surface area contributed by atoms with Gasteiger partial charge in [-0.1, -0.05) is 32.6 Å². The van der Waals surface area contributed by atoms with Gasteiger partial charge in [0, 0.05) is 19.2 Å². The second-order valence-corrected chi connectivity index (χ2v) is 5.32. The lowest BCUT2D eigenvalue weighted by molar-refractivity contribution is 0.151. The van der Waals surface area contributed by atoms with Crippen LogP contribution in [-0.4, -0.2) is 25.8 Å². The van der Waals surface area contributed by atoms with E-state index in [0.29, 0.717) is 6.04 Å². The number of methoxy groups -OCH3 is 1. The lowest BCUT2D eigenvalue weighted by Gasteiger charge is -2.33. The molecule has 0 aromatic carbocycles. The summed E-state index contributed by atoms with van der Waals surface area (Å²) in [7, 11) is 1.79. The summed E-state index contributed by atoms with van der Waals surface area (Å²) in [5.41, 5.74) is 0. The molecule has 1 rings (SSSR count). The van der Waals surface area contributed by atoms with Crippen molar-refractivity contribution in [3.05, 3.63) is 0 Å². The highest BCUT2D eigenvalue weighted by Crippen LogP contribution is 2.28. The van der Waals surface area contributed by atoms with Crippen molar-refractivity contribution in [3.63, 3.8) is 0 Å². The van der Waals surface area contributed by atoms with Crippen LogP contribution >= 0.6 is 0 Å². The summed E-state index contributed by atoms with van der Waals surface area (Å²) >= 11 is 0. The van der Waals surface area contributed by atoms with Crippen molar-refractivity contribution in [3.8, 4) is 0 Å². The van der Waals surface area contributed by atoms with Gasteiger partial charge in [0.2, 0.25) is 0 Å². The molecule has 0 spiro atoms. The zero-order chi connectivity index (χ0) is 11.8.